The van der Waals surface area contributed by atoms with E-state index in [1.165, 1.54) is 23.1 Å². The van der Waals surface area contributed by atoms with Crippen LogP contribution in [0.1, 0.15) is 27.9 Å². The van der Waals surface area contributed by atoms with Gasteiger partial charge in [0.2, 0.25) is 5.91 Å². The summed E-state index contributed by atoms with van der Waals surface area (Å²) >= 11 is 5.94. The molecule has 3 rings (SSSR count). The molecular weight excluding hydrogens is 405 g/mol. The first-order valence-electron chi connectivity index (χ1n) is 9.23. The number of carbonyl (C=O) groups is 2. The van der Waals surface area contributed by atoms with Crippen molar-refractivity contribution in [3.05, 3.63) is 70.2 Å². The first kappa shape index (κ1) is 21.2. The molecule has 0 atom stereocenters. The molecule has 0 aliphatic carbocycles. The normalized spacial score (nSPS) is 14.8. The fourth-order valence-electron chi connectivity index (χ4n) is 3.35. The number of rotatable bonds is 4. The van der Waals surface area contributed by atoms with Crippen LogP contribution in [0.3, 0.4) is 0 Å². The van der Waals surface area contributed by atoms with Crippen molar-refractivity contribution >= 4 is 23.4 Å². The third-order valence-corrected chi connectivity index (χ3v) is 5.13. The van der Waals surface area contributed by atoms with Crippen LogP contribution in [0.15, 0.2) is 48.5 Å². The second kappa shape index (κ2) is 8.86. The summed E-state index contributed by atoms with van der Waals surface area (Å²) in [6, 6.07) is 12.1. The molecule has 1 aliphatic heterocycles. The van der Waals surface area contributed by atoms with Gasteiger partial charge in [-0.3, -0.25) is 9.59 Å². The van der Waals surface area contributed by atoms with Crippen LogP contribution in [0, 0.1) is 0 Å². The Bertz CT molecular complexity index is 893. The van der Waals surface area contributed by atoms with Crippen molar-refractivity contribution in [1.29, 1.82) is 0 Å². The first-order chi connectivity index (χ1) is 13.8. The van der Waals surface area contributed by atoms with Gasteiger partial charge >= 0.3 is 6.18 Å². The number of aryl methyl sites for hydroxylation is 1. The third-order valence-electron chi connectivity index (χ3n) is 4.90. The molecule has 8 heteroatoms. The zero-order valence-corrected chi connectivity index (χ0v) is 16.3. The maximum atomic E-state index is 13.2. The standard InChI is InChI=1S/C21H20ClF3N2O2/c22-16-5-3-4-15(14-16)8-9-19(28)26-10-12-27(13-11-26)20(29)17-6-1-2-7-18(17)21(23,24)25/h1-7,14H,8-13H2. The number of hydrogen-bond donors (Lipinski definition) is 0. The monoisotopic (exact) mass is 424 g/mol. The van der Waals surface area contributed by atoms with Gasteiger partial charge in [-0.25, -0.2) is 0 Å². The van der Waals surface area contributed by atoms with Gasteiger partial charge in [0, 0.05) is 37.6 Å². The Kier molecular flexibility index (Phi) is 6.47. The summed E-state index contributed by atoms with van der Waals surface area (Å²) in [5, 5.41) is 0.612. The first-order valence-corrected chi connectivity index (χ1v) is 9.61. The van der Waals surface area contributed by atoms with Crippen molar-refractivity contribution in [3.8, 4) is 0 Å². The van der Waals surface area contributed by atoms with Crippen LogP contribution in [0.5, 0.6) is 0 Å². The Labute approximate surface area is 171 Å². The molecule has 1 aliphatic rings. The average molecular weight is 425 g/mol. The molecule has 0 saturated carbocycles. The molecule has 29 heavy (non-hydrogen) atoms. The highest BCUT2D eigenvalue weighted by molar-refractivity contribution is 6.30. The third kappa shape index (κ3) is 5.29. The molecule has 0 bridgehead atoms. The van der Waals surface area contributed by atoms with Gasteiger partial charge in [-0.05, 0) is 36.2 Å². The Morgan fingerprint density at radius 2 is 1.59 bits per heavy atom. The smallest absolute Gasteiger partial charge is 0.339 e. The van der Waals surface area contributed by atoms with E-state index < -0.39 is 17.6 Å². The predicted octanol–water partition coefficient (Wildman–Crippen LogP) is 4.28. The SMILES string of the molecule is O=C(CCc1cccc(Cl)c1)N1CCN(C(=O)c2ccccc2C(F)(F)F)CC1. The zero-order valence-electron chi connectivity index (χ0n) is 15.6. The van der Waals surface area contributed by atoms with Gasteiger partial charge < -0.3 is 9.80 Å². The summed E-state index contributed by atoms with van der Waals surface area (Å²) in [5.74, 6) is -0.711. The van der Waals surface area contributed by atoms with Crippen LogP contribution in [-0.2, 0) is 17.4 Å². The predicted molar refractivity (Wildman–Crippen MR) is 104 cm³/mol. The van der Waals surface area contributed by atoms with Crippen LogP contribution in [0.25, 0.3) is 0 Å². The molecule has 0 aromatic heterocycles. The van der Waals surface area contributed by atoms with Crippen LogP contribution in [0.2, 0.25) is 5.02 Å². The van der Waals surface area contributed by atoms with Gasteiger partial charge in [-0.1, -0.05) is 35.9 Å². The Balaban J connectivity index is 1.56. The molecule has 0 spiro atoms. The van der Waals surface area contributed by atoms with Crippen molar-refractivity contribution in [2.45, 2.75) is 19.0 Å². The summed E-state index contributed by atoms with van der Waals surface area (Å²) in [5.41, 5.74) is -0.339. The molecule has 0 unspecified atom stereocenters. The number of benzene rings is 2. The van der Waals surface area contributed by atoms with Gasteiger partial charge in [0.05, 0.1) is 11.1 Å². The summed E-state index contributed by atoms with van der Waals surface area (Å²) < 4.78 is 39.5. The molecule has 2 amide bonds. The quantitative estimate of drug-likeness (QED) is 0.735. The highest BCUT2D eigenvalue weighted by Gasteiger charge is 2.36. The minimum Gasteiger partial charge on any atom is -0.339 e. The van der Waals surface area contributed by atoms with E-state index in [2.05, 4.69) is 0 Å². The number of amides is 2. The number of alkyl halides is 3. The molecule has 1 fully saturated rings. The minimum absolute atomic E-state index is 0.0484. The van der Waals surface area contributed by atoms with Crippen LogP contribution in [-0.4, -0.2) is 47.8 Å². The van der Waals surface area contributed by atoms with Crippen LogP contribution in [0.4, 0.5) is 13.2 Å². The number of hydrogen-bond acceptors (Lipinski definition) is 2. The molecular formula is C21H20ClF3N2O2. The Hall–Kier alpha value is -2.54. The number of nitrogens with zero attached hydrogens (tertiary/aromatic N) is 2. The fourth-order valence-corrected chi connectivity index (χ4v) is 3.56. The largest absolute Gasteiger partial charge is 0.417 e. The maximum absolute atomic E-state index is 13.2. The number of carbonyl (C=O) groups excluding carboxylic acids is 2. The molecule has 0 N–H and O–H groups in total. The number of piperazine rings is 1. The van der Waals surface area contributed by atoms with E-state index in [9.17, 15) is 22.8 Å². The lowest BCUT2D eigenvalue weighted by atomic mass is 10.1. The number of halogens is 4. The summed E-state index contributed by atoms with van der Waals surface area (Å²) in [4.78, 5) is 28.0. The van der Waals surface area contributed by atoms with Crippen molar-refractivity contribution in [2.75, 3.05) is 26.2 Å². The lowest BCUT2D eigenvalue weighted by Gasteiger charge is -2.35. The fraction of sp³-hybridized carbons (Fsp3) is 0.333. The second-order valence-corrected chi connectivity index (χ2v) is 7.28. The molecule has 4 nitrogen and oxygen atoms in total. The van der Waals surface area contributed by atoms with E-state index in [1.54, 1.807) is 11.0 Å². The second-order valence-electron chi connectivity index (χ2n) is 6.85. The van der Waals surface area contributed by atoms with Crippen molar-refractivity contribution < 1.29 is 22.8 Å². The molecule has 2 aromatic carbocycles. The van der Waals surface area contributed by atoms with E-state index in [4.69, 9.17) is 11.6 Å². The lowest BCUT2D eigenvalue weighted by molar-refractivity contribution is -0.138. The summed E-state index contributed by atoms with van der Waals surface area (Å²) in [6.45, 7) is 1.00. The highest BCUT2D eigenvalue weighted by atomic mass is 35.5. The summed E-state index contributed by atoms with van der Waals surface area (Å²) in [7, 11) is 0. The maximum Gasteiger partial charge on any atom is 0.417 e. The van der Waals surface area contributed by atoms with Crippen LogP contribution >= 0.6 is 11.6 Å². The molecule has 1 heterocycles. The van der Waals surface area contributed by atoms with Gasteiger partial charge in [-0.15, -0.1) is 0 Å². The van der Waals surface area contributed by atoms with Gasteiger partial charge in [0.25, 0.3) is 5.91 Å². The van der Waals surface area contributed by atoms with Gasteiger partial charge in [0.15, 0.2) is 0 Å². The van der Waals surface area contributed by atoms with Gasteiger partial charge in [-0.2, -0.15) is 13.2 Å². The van der Waals surface area contributed by atoms with Gasteiger partial charge in [0.1, 0.15) is 0 Å². The molecule has 2 aromatic rings. The van der Waals surface area contributed by atoms with E-state index in [-0.39, 0.29) is 24.6 Å². The molecule has 1 saturated heterocycles. The Morgan fingerprint density at radius 3 is 2.24 bits per heavy atom. The van der Waals surface area contributed by atoms with E-state index in [0.717, 1.165) is 11.6 Å². The lowest BCUT2D eigenvalue weighted by Crippen LogP contribution is -2.50. The molecule has 0 radical (unpaired) electrons. The van der Waals surface area contributed by atoms with Crippen LogP contribution < -0.4 is 0 Å². The van der Waals surface area contributed by atoms with E-state index in [0.29, 0.717) is 31.0 Å². The van der Waals surface area contributed by atoms with Crippen molar-refractivity contribution in [2.24, 2.45) is 0 Å². The summed E-state index contributed by atoms with van der Waals surface area (Å²) in [6.07, 6.45) is -3.73. The molecule has 154 valence electrons. The topological polar surface area (TPSA) is 40.6 Å². The average Bonchev–Trinajstić information content (AvgIpc) is 2.71. The van der Waals surface area contributed by atoms with Crippen molar-refractivity contribution in [3.63, 3.8) is 0 Å². The zero-order chi connectivity index (χ0) is 21.0. The minimum atomic E-state index is -4.59. The Morgan fingerprint density at radius 1 is 0.931 bits per heavy atom. The van der Waals surface area contributed by atoms with E-state index in [1.807, 2.05) is 18.2 Å². The highest BCUT2D eigenvalue weighted by Crippen LogP contribution is 2.32. The van der Waals surface area contributed by atoms with E-state index >= 15 is 0 Å². The van der Waals surface area contributed by atoms with Crippen molar-refractivity contribution in [1.82, 2.24) is 9.80 Å².